The van der Waals surface area contributed by atoms with E-state index in [2.05, 4.69) is 27.4 Å². The lowest BCUT2D eigenvalue weighted by molar-refractivity contribution is -0.113. The van der Waals surface area contributed by atoms with Crippen molar-refractivity contribution in [3.63, 3.8) is 0 Å². The Morgan fingerprint density at radius 3 is 2.70 bits per heavy atom. The first-order valence-corrected chi connectivity index (χ1v) is 12.4. The Morgan fingerprint density at radius 2 is 1.93 bits per heavy atom. The summed E-state index contributed by atoms with van der Waals surface area (Å²) in [6.07, 6.45) is 0.766. The minimum absolute atomic E-state index is 0.0762. The fourth-order valence-electron chi connectivity index (χ4n) is 2.95. The minimum Gasteiger partial charge on any atom is -0.325 e. The van der Waals surface area contributed by atoms with Crippen LogP contribution in [0.1, 0.15) is 19.7 Å². The number of aromatic nitrogens is 4. The largest absolute Gasteiger partial charge is 0.325 e. The van der Waals surface area contributed by atoms with E-state index >= 15 is 0 Å². The first-order valence-electron chi connectivity index (χ1n) is 9.63. The highest BCUT2D eigenvalue weighted by Gasteiger charge is 2.15. The molecule has 4 rings (SSSR count). The lowest BCUT2D eigenvalue weighted by Crippen LogP contribution is -2.14. The van der Waals surface area contributed by atoms with Crippen LogP contribution in [0.5, 0.6) is 0 Å². The second-order valence-electron chi connectivity index (χ2n) is 6.36. The Balaban J connectivity index is 1.44. The van der Waals surface area contributed by atoms with Crippen LogP contribution in [-0.2, 0) is 11.2 Å². The zero-order valence-electron chi connectivity index (χ0n) is 16.7. The zero-order chi connectivity index (χ0) is 20.9. The van der Waals surface area contributed by atoms with Crippen LogP contribution in [0.15, 0.2) is 58.0 Å². The van der Waals surface area contributed by atoms with E-state index in [0.29, 0.717) is 5.16 Å². The van der Waals surface area contributed by atoms with Gasteiger partial charge >= 0.3 is 0 Å². The summed E-state index contributed by atoms with van der Waals surface area (Å²) < 4.78 is 4.14. The molecule has 0 saturated carbocycles. The van der Waals surface area contributed by atoms with Crippen molar-refractivity contribution in [1.29, 1.82) is 0 Å². The topological polar surface area (TPSA) is 72.7 Å². The number of nitrogens with zero attached hydrogens (tertiary/aromatic N) is 4. The number of para-hydroxylation sites is 1. The highest BCUT2D eigenvalue weighted by molar-refractivity contribution is 8.01. The van der Waals surface area contributed by atoms with Gasteiger partial charge in [0, 0.05) is 17.8 Å². The summed E-state index contributed by atoms with van der Waals surface area (Å²) in [5.41, 5.74) is 2.74. The van der Waals surface area contributed by atoms with Gasteiger partial charge in [-0.3, -0.25) is 9.36 Å². The molecule has 2 heterocycles. The number of hydrogen-bond donors (Lipinski definition) is 1. The molecule has 0 radical (unpaired) electrons. The molecular formula is C21H21N5OS3. The van der Waals surface area contributed by atoms with Crippen LogP contribution < -0.4 is 5.32 Å². The van der Waals surface area contributed by atoms with Crippen molar-refractivity contribution in [3.8, 4) is 5.69 Å². The van der Waals surface area contributed by atoms with E-state index in [1.54, 1.807) is 23.1 Å². The summed E-state index contributed by atoms with van der Waals surface area (Å²) in [5, 5.41) is 12.3. The van der Waals surface area contributed by atoms with E-state index in [0.717, 1.165) is 43.9 Å². The number of carbonyl (C=O) groups is 1. The van der Waals surface area contributed by atoms with Gasteiger partial charge < -0.3 is 5.32 Å². The second kappa shape index (κ2) is 9.63. The Labute approximate surface area is 187 Å². The number of rotatable bonds is 8. The van der Waals surface area contributed by atoms with Crippen molar-refractivity contribution in [2.24, 2.45) is 0 Å². The third kappa shape index (κ3) is 4.69. The standard InChI is InChI=1S/C21H21N5OS3/c1-3-18-24-25-20(26(18)15-8-6-5-7-9-15)29-13-19(27)22-14-10-11-16-17(12-14)30-21(23-16)28-4-2/h5-12H,3-4,13H2,1-2H3,(H,22,27). The molecule has 1 N–H and O–H groups in total. The average Bonchev–Trinajstić information content (AvgIpc) is 3.36. The van der Waals surface area contributed by atoms with Gasteiger partial charge in [-0.05, 0) is 36.1 Å². The zero-order valence-corrected chi connectivity index (χ0v) is 19.1. The molecule has 0 saturated heterocycles. The Hall–Kier alpha value is -2.36. The third-order valence-corrected chi connectivity index (χ3v) is 7.26. The van der Waals surface area contributed by atoms with Gasteiger partial charge in [-0.25, -0.2) is 4.98 Å². The quantitative estimate of drug-likeness (QED) is 0.364. The van der Waals surface area contributed by atoms with Crippen molar-refractivity contribution in [2.45, 2.75) is 29.8 Å². The highest BCUT2D eigenvalue weighted by atomic mass is 32.2. The summed E-state index contributed by atoms with van der Waals surface area (Å²) >= 11 is 4.77. The first-order chi connectivity index (χ1) is 14.7. The van der Waals surface area contributed by atoms with Crippen LogP contribution in [0.25, 0.3) is 15.9 Å². The number of anilines is 1. The third-order valence-electron chi connectivity index (χ3n) is 4.28. The smallest absolute Gasteiger partial charge is 0.234 e. The molecule has 154 valence electrons. The summed E-state index contributed by atoms with van der Waals surface area (Å²) in [6.45, 7) is 4.16. The Kier molecular flexibility index (Phi) is 6.71. The summed E-state index contributed by atoms with van der Waals surface area (Å²) in [6, 6.07) is 15.8. The molecule has 0 aliphatic rings. The number of thioether (sulfide) groups is 2. The van der Waals surface area contributed by atoms with Crippen molar-refractivity contribution in [1.82, 2.24) is 19.7 Å². The van der Waals surface area contributed by atoms with Crippen LogP contribution in [0.2, 0.25) is 0 Å². The predicted molar refractivity (Wildman–Crippen MR) is 126 cm³/mol. The Bertz CT molecular complexity index is 1160. The molecule has 0 fully saturated rings. The van der Waals surface area contributed by atoms with Gasteiger partial charge in [0.2, 0.25) is 5.91 Å². The minimum atomic E-state index is -0.0762. The lowest BCUT2D eigenvalue weighted by atomic mass is 10.3. The number of hydrogen-bond acceptors (Lipinski definition) is 7. The number of nitrogens with one attached hydrogen (secondary N) is 1. The maximum absolute atomic E-state index is 12.5. The summed E-state index contributed by atoms with van der Waals surface area (Å²) in [7, 11) is 0. The van der Waals surface area contributed by atoms with E-state index in [-0.39, 0.29) is 11.7 Å². The number of amides is 1. The number of benzene rings is 2. The molecule has 6 nitrogen and oxygen atoms in total. The summed E-state index contributed by atoms with van der Waals surface area (Å²) in [4.78, 5) is 17.1. The number of thiazole rings is 1. The van der Waals surface area contributed by atoms with Crippen molar-refractivity contribution >= 4 is 56.7 Å². The molecule has 2 aromatic heterocycles. The van der Waals surface area contributed by atoms with Gasteiger partial charge in [-0.15, -0.1) is 21.5 Å². The van der Waals surface area contributed by atoms with Crippen molar-refractivity contribution in [3.05, 3.63) is 54.4 Å². The molecule has 9 heteroatoms. The maximum atomic E-state index is 12.5. The molecule has 0 aliphatic carbocycles. The molecule has 30 heavy (non-hydrogen) atoms. The van der Waals surface area contributed by atoms with Crippen LogP contribution >= 0.6 is 34.9 Å². The van der Waals surface area contributed by atoms with Gasteiger partial charge in [0.05, 0.1) is 16.0 Å². The van der Waals surface area contributed by atoms with Crippen LogP contribution in [0, 0.1) is 0 Å². The SMILES string of the molecule is CCSc1nc2ccc(NC(=O)CSc3nnc(CC)n3-c3ccccc3)cc2s1. The van der Waals surface area contributed by atoms with E-state index in [9.17, 15) is 4.79 Å². The van der Waals surface area contributed by atoms with Gasteiger partial charge in [-0.2, -0.15) is 0 Å². The van der Waals surface area contributed by atoms with E-state index in [1.165, 1.54) is 11.8 Å². The number of fused-ring (bicyclic) bond motifs is 1. The van der Waals surface area contributed by atoms with Gasteiger partial charge in [0.15, 0.2) is 9.50 Å². The maximum Gasteiger partial charge on any atom is 0.234 e. The lowest BCUT2D eigenvalue weighted by Gasteiger charge is -2.09. The molecule has 0 spiro atoms. The fourth-order valence-corrected chi connectivity index (χ4v) is 5.73. The average molecular weight is 456 g/mol. The molecule has 1 amide bonds. The van der Waals surface area contributed by atoms with E-state index in [4.69, 9.17) is 0 Å². The van der Waals surface area contributed by atoms with Crippen molar-refractivity contribution < 1.29 is 4.79 Å². The van der Waals surface area contributed by atoms with Gasteiger partial charge in [-0.1, -0.05) is 55.6 Å². The molecule has 0 bridgehead atoms. The van der Waals surface area contributed by atoms with Gasteiger partial charge in [0.1, 0.15) is 5.82 Å². The normalized spacial score (nSPS) is 11.1. The first kappa shape index (κ1) is 20.9. The van der Waals surface area contributed by atoms with Crippen LogP contribution in [0.4, 0.5) is 5.69 Å². The molecule has 0 aliphatic heterocycles. The molecular weight excluding hydrogens is 434 g/mol. The van der Waals surface area contributed by atoms with Crippen LogP contribution in [-0.4, -0.2) is 37.2 Å². The highest BCUT2D eigenvalue weighted by Crippen LogP contribution is 2.31. The number of carbonyl (C=O) groups excluding carboxylic acids is 1. The molecule has 0 unspecified atom stereocenters. The molecule has 0 atom stereocenters. The van der Waals surface area contributed by atoms with E-state index < -0.39 is 0 Å². The summed E-state index contributed by atoms with van der Waals surface area (Å²) in [5.74, 6) is 2.05. The Morgan fingerprint density at radius 1 is 1.10 bits per heavy atom. The molecule has 4 aromatic rings. The number of aryl methyl sites for hydroxylation is 1. The monoisotopic (exact) mass is 455 g/mol. The predicted octanol–water partition coefficient (Wildman–Crippen LogP) is 5.28. The van der Waals surface area contributed by atoms with Gasteiger partial charge in [0.25, 0.3) is 0 Å². The van der Waals surface area contributed by atoms with E-state index in [1.807, 2.05) is 60.0 Å². The fraction of sp³-hybridized carbons (Fsp3) is 0.238. The molecule has 2 aromatic carbocycles. The van der Waals surface area contributed by atoms with Crippen molar-refractivity contribution in [2.75, 3.05) is 16.8 Å². The van der Waals surface area contributed by atoms with Crippen LogP contribution in [0.3, 0.4) is 0 Å². The second-order valence-corrected chi connectivity index (χ2v) is 9.84.